The molecule has 1 unspecified atom stereocenters. The molecule has 2 aromatic carbocycles. The Kier molecular flexibility index (Phi) is 6.89. The maximum atomic E-state index is 14.2. The third-order valence-electron chi connectivity index (χ3n) is 7.03. The molecule has 1 amide bonds. The zero-order valence-electron chi connectivity index (χ0n) is 22.0. The molecule has 0 saturated heterocycles. The van der Waals surface area contributed by atoms with Crippen LogP contribution < -0.4 is 21.3 Å². The lowest BCUT2D eigenvalue weighted by molar-refractivity contribution is 0.0895. The molecule has 0 aliphatic heterocycles. The molecule has 40 heavy (non-hydrogen) atoms. The van der Waals surface area contributed by atoms with Gasteiger partial charge in [0.25, 0.3) is 11.5 Å². The molecule has 1 atom stereocenters. The summed E-state index contributed by atoms with van der Waals surface area (Å²) in [7, 11) is 4.14. The number of hydrogen-bond donors (Lipinski definition) is 1. The molecule has 1 aliphatic rings. The normalized spacial score (nSPS) is 14.2. The molecule has 1 aliphatic carbocycles. The fourth-order valence-electron chi connectivity index (χ4n) is 4.88. The van der Waals surface area contributed by atoms with Crippen LogP contribution in [0.5, 0.6) is 5.88 Å². The molecule has 0 spiro atoms. The number of rotatable bonds is 5. The summed E-state index contributed by atoms with van der Waals surface area (Å²) < 4.78 is 21.5. The van der Waals surface area contributed by atoms with Gasteiger partial charge in [0.05, 0.1) is 23.4 Å². The second kappa shape index (κ2) is 10.2. The van der Waals surface area contributed by atoms with Crippen LogP contribution in [0.15, 0.2) is 58.3 Å². The van der Waals surface area contributed by atoms with E-state index in [2.05, 4.69) is 10.3 Å². The number of Topliss-reactive ketones (excluding diaryl/α,β-unsaturated/α-hetero) is 1. The van der Waals surface area contributed by atoms with Crippen molar-refractivity contribution < 1.29 is 18.7 Å². The molecule has 0 fully saturated rings. The van der Waals surface area contributed by atoms with Crippen LogP contribution in [0.25, 0.3) is 22.4 Å². The van der Waals surface area contributed by atoms with E-state index in [-0.39, 0.29) is 23.4 Å². The highest BCUT2D eigenvalue weighted by Gasteiger charge is 2.35. The fourth-order valence-corrected chi connectivity index (χ4v) is 5.20. The van der Waals surface area contributed by atoms with Crippen molar-refractivity contribution in [3.05, 3.63) is 96.8 Å². The molecule has 0 radical (unpaired) electrons. The number of ether oxygens (including phenoxy) is 1. The van der Waals surface area contributed by atoms with Gasteiger partial charge in [-0.3, -0.25) is 19.0 Å². The van der Waals surface area contributed by atoms with Crippen LogP contribution in [0.3, 0.4) is 0 Å². The molecular formula is C29H24ClFN4O5. The largest absolute Gasteiger partial charge is 0.480 e. The Balaban J connectivity index is 1.54. The number of aryl methyl sites for hydroxylation is 1. The van der Waals surface area contributed by atoms with Gasteiger partial charge in [0, 0.05) is 43.5 Å². The first kappa shape index (κ1) is 27.0. The van der Waals surface area contributed by atoms with Gasteiger partial charge in [-0.25, -0.2) is 14.2 Å². The first-order valence-corrected chi connectivity index (χ1v) is 12.6. The average molecular weight is 563 g/mol. The molecule has 2 aromatic heterocycles. The number of aromatic nitrogens is 3. The Hall–Kier alpha value is -4.57. The number of fused-ring (bicyclic) bond motifs is 1. The summed E-state index contributed by atoms with van der Waals surface area (Å²) in [4.78, 5) is 54.2. The summed E-state index contributed by atoms with van der Waals surface area (Å²) >= 11 is 6.89. The van der Waals surface area contributed by atoms with Crippen LogP contribution in [-0.2, 0) is 20.5 Å². The number of benzene rings is 2. The van der Waals surface area contributed by atoms with E-state index in [9.17, 15) is 23.6 Å². The lowest BCUT2D eigenvalue weighted by Crippen LogP contribution is -2.40. The molecule has 1 N–H and O–H groups in total. The number of alkyl halides is 1. The van der Waals surface area contributed by atoms with Crippen LogP contribution >= 0.6 is 11.6 Å². The number of amides is 1. The van der Waals surface area contributed by atoms with E-state index < -0.39 is 29.1 Å². The first-order chi connectivity index (χ1) is 19.0. The summed E-state index contributed by atoms with van der Waals surface area (Å²) in [6.45, 7) is 1.80. The number of anilines is 1. The zero-order chi connectivity index (χ0) is 28.9. The summed E-state index contributed by atoms with van der Waals surface area (Å²) in [6, 6.07) is 12.3. The lowest BCUT2D eigenvalue weighted by Gasteiger charge is -2.16. The maximum absolute atomic E-state index is 14.2. The highest BCUT2D eigenvalue weighted by Crippen LogP contribution is 2.41. The van der Waals surface area contributed by atoms with Crippen molar-refractivity contribution in [1.29, 1.82) is 0 Å². The highest BCUT2D eigenvalue weighted by atomic mass is 35.5. The molecule has 0 saturated carbocycles. The van der Waals surface area contributed by atoms with Crippen molar-refractivity contribution in [1.82, 2.24) is 14.1 Å². The van der Waals surface area contributed by atoms with Gasteiger partial charge < -0.3 is 14.6 Å². The predicted octanol–water partition coefficient (Wildman–Crippen LogP) is 4.11. The first-order valence-electron chi connectivity index (χ1n) is 12.3. The monoisotopic (exact) mass is 562 g/mol. The van der Waals surface area contributed by atoms with Gasteiger partial charge in [0.2, 0.25) is 11.7 Å². The van der Waals surface area contributed by atoms with E-state index in [0.29, 0.717) is 44.2 Å². The second-order valence-corrected chi connectivity index (χ2v) is 9.86. The van der Waals surface area contributed by atoms with Crippen LogP contribution in [0.4, 0.5) is 10.1 Å². The Bertz CT molecular complexity index is 1850. The maximum Gasteiger partial charge on any atom is 0.330 e. The standard InChI is InChI=1S/C29H24ClFN4O5/c1-14-16(7-6-10-21(14)32-26(37)19-13-34(2)29(39)35(3)28(19)38)17-8-5-9-18(24(17)30)22-12-15-11-20(31)25(36)23(15)27(33-22)40-4/h5-10,12-13,20H,11H2,1-4H3,(H,32,37). The molecule has 5 rings (SSSR count). The van der Waals surface area contributed by atoms with E-state index in [1.54, 1.807) is 37.3 Å². The topological polar surface area (TPSA) is 112 Å². The van der Waals surface area contributed by atoms with Gasteiger partial charge in [0.1, 0.15) is 5.56 Å². The molecule has 0 bridgehead atoms. The smallest absolute Gasteiger partial charge is 0.330 e. The molecule has 2 heterocycles. The van der Waals surface area contributed by atoms with Crippen LogP contribution in [-0.4, -0.2) is 39.1 Å². The minimum absolute atomic E-state index is 0.0459. The number of methoxy groups -OCH3 is 1. The molecule has 204 valence electrons. The SMILES string of the molecule is COc1nc(-c2cccc(-c3cccc(NC(=O)c4cn(C)c(=O)n(C)c4=O)c3C)c2Cl)cc2c1C(=O)C(F)C2. The van der Waals surface area contributed by atoms with Crippen LogP contribution in [0.1, 0.15) is 31.8 Å². The quantitative estimate of drug-likeness (QED) is 0.392. The van der Waals surface area contributed by atoms with Crippen molar-refractivity contribution in [2.45, 2.75) is 19.5 Å². The van der Waals surface area contributed by atoms with Gasteiger partial charge in [-0.1, -0.05) is 41.9 Å². The Morgan fingerprint density at radius 3 is 2.50 bits per heavy atom. The number of pyridine rings is 1. The number of halogens is 2. The van der Waals surface area contributed by atoms with Crippen LogP contribution in [0.2, 0.25) is 5.02 Å². The number of carbonyl (C=O) groups is 2. The lowest BCUT2D eigenvalue weighted by atomic mass is 9.96. The van der Waals surface area contributed by atoms with Crippen molar-refractivity contribution in [2.75, 3.05) is 12.4 Å². The van der Waals surface area contributed by atoms with Crippen molar-refractivity contribution in [3.8, 4) is 28.3 Å². The minimum atomic E-state index is -1.63. The van der Waals surface area contributed by atoms with Crippen LogP contribution in [0, 0.1) is 6.92 Å². The van der Waals surface area contributed by atoms with Gasteiger partial charge in [-0.2, -0.15) is 0 Å². The van der Waals surface area contributed by atoms with Gasteiger partial charge in [-0.05, 0) is 35.7 Å². The van der Waals surface area contributed by atoms with Gasteiger partial charge >= 0.3 is 5.69 Å². The van der Waals surface area contributed by atoms with E-state index in [0.717, 1.165) is 9.13 Å². The Morgan fingerprint density at radius 2 is 1.77 bits per heavy atom. The number of carbonyl (C=O) groups excluding carboxylic acids is 2. The number of ketones is 1. The summed E-state index contributed by atoms with van der Waals surface area (Å²) in [6.07, 6.45) is -0.489. The number of hydrogen-bond acceptors (Lipinski definition) is 6. The molecule has 4 aromatic rings. The third-order valence-corrected chi connectivity index (χ3v) is 7.44. The second-order valence-electron chi connectivity index (χ2n) is 9.49. The number of nitrogens with zero attached hydrogens (tertiary/aromatic N) is 3. The van der Waals surface area contributed by atoms with Crippen molar-refractivity contribution >= 4 is 29.0 Å². The van der Waals surface area contributed by atoms with E-state index in [1.165, 1.54) is 27.4 Å². The van der Waals surface area contributed by atoms with E-state index in [4.69, 9.17) is 16.3 Å². The molecule has 11 heteroatoms. The van der Waals surface area contributed by atoms with Crippen molar-refractivity contribution in [2.24, 2.45) is 14.1 Å². The molecule has 9 nitrogen and oxygen atoms in total. The average Bonchev–Trinajstić information content (AvgIpc) is 3.23. The van der Waals surface area contributed by atoms with Crippen molar-refractivity contribution in [3.63, 3.8) is 0 Å². The predicted molar refractivity (Wildman–Crippen MR) is 149 cm³/mol. The van der Waals surface area contributed by atoms with E-state index >= 15 is 0 Å². The Labute approximate surface area is 232 Å². The summed E-state index contributed by atoms with van der Waals surface area (Å²) in [5.41, 5.74) is 2.70. The Morgan fingerprint density at radius 1 is 1.10 bits per heavy atom. The number of nitrogens with one attached hydrogen (secondary N) is 1. The summed E-state index contributed by atoms with van der Waals surface area (Å²) in [5.74, 6) is -1.26. The highest BCUT2D eigenvalue weighted by molar-refractivity contribution is 6.36. The summed E-state index contributed by atoms with van der Waals surface area (Å²) in [5, 5.41) is 3.12. The van der Waals surface area contributed by atoms with E-state index in [1.807, 2.05) is 12.1 Å². The minimum Gasteiger partial charge on any atom is -0.480 e. The zero-order valence-corrected chi connectivity index (χ0v) is 22.8. The third kappa shape index (κ3) is 4.40. The fraction of sp³-hybridized carbons (Fsp3) is 0.207. The molecular weight excluding hydrogens is 539 g/mol. The van der Waals surface area contributed by atoms with Gasteiger partial charge in [-0.15, -0.1) is 0 Å². The van der Waals surface area contributed by atoms with Gasteiger partial charge in [0.15, 0.2) is 6.17 Å².